The highest BCUT2D eigenvalue weighted by atomic mass is 16.3. The fraction of sp³-hybridized carbons (Fsp3) is 0.312. The van der Waals surface area contributed by atoms with Crippen molar-refractivity contribution in [1.29, 1.82) is 5.41 Å². The molecule has 2 rings (SSSR count). The first-order chi connectivity index (χ1) is 9.19. The molecule has 0 amide bonds. The van der Waals surface area contributed by atoms with Crippen molar-refractivity contribution in [3.8, 4) is 11.3 Å². The standard InChI is InChI=1S/C16H20N2O/c1-3-11(4-2)13-10-19-15(14(13)16(17)18)12-8-6-5-7-9-12/h5-11H,3-4H2,1-2H3,(H3,17,18). The third-order valence-electron chi connectivity index (χ3n) is 3.55. The predicted octanol–water partition coefficient (Wildman–Crippen LogP) is 4.13. The van der Waals surface area contributed by atoms with Gasteiger partial charge in [-0.05, 0) is 18.8 Å². The number of hydrogen-bond donors (Lipinski definition) is 2. The monoisotopic (exact) mass is 256 g/mol. The summed E-state index contributed by atoms with van der Waals surface area (Å²) in [6, 6.07) is 9.82. The van der Waals surface area contributed by atoms with Crippen molar-refractivity contribution in [1.82, 2.24) is 0 Å². The molecule has 1 aromatic carbocycles. The van der Waals surface area contributed by atoms with Gasteiger partial charge in [0.15, 0.2) is 0 Å². The molecule has 0 unspecified atom stereocenters. The predicted molar refractivity (Wildman–Crippen MR) is 78.5 cm³/mol. The average molecular weight is 256 g/mol. The Kier molecular flexibility index (Phi) is 4.05. The van der Waals surface area contributed by atoms with Crippen molar-refractivity contribution in [3.63, 3.8) is 0 Å². The van der Waals surface area contributed by atoms with E-state index in [0.717, 1.165) is 29.5 Å². The zero-order valence-corrected chi connectivity index (χ0v) is 11.4. The first kappa shape index (κ1) is 13.4. The summed E-state index contributed by atoms with van der Waals surface area (Å²) in [5.74, 6) is 1.17. The lowest BCUT2D eigenvalue weighted by atomic mass is 9.91. The van der Waals surface area contributed by atoms with Crippen molar-refractivity contribution in [2.75, 3.05) is 0 Å². The largest absolute Gasteiger partial charge is 0.463 e. The van der Waals surface area contributed by atoms with E-state index in [1.807, 2.05) is 30.3 Å². The van der Waals surface area contributed by atoms with Crippen LogP contribution in [0.2, 0.25) is 0 Å². The number of amidine groups is 1. The van der Waals surface area contributed by atoms with Crippen molar-refractivity contribution in [2.24, 2.45) is 5.73 Å². The van der Waals surface area contributed by atoms with Crippen LogP contribution in [0.1, 0.15) is 43.7 Å². The number of hydrogen-bond acceptors (Lipinski definition) is 2. The van der Waals surface area contributed by atoms with Gasteiger partial charge in [0.25, 0.3) is 0 Å². The van der Waals surface area contributed by atoms with E-state index >= 15 is 0 Å². The van der Waals surface area contributed by atoms with Crippen LogP contribution in [0.5, 0.6) is 0 Å². The maximum absolute atomic E-state index is 7.84. The Morgan fingerprint density at radius 3 is 2.37 bits per heavy atom. The summed E-state index contributed by atoms with van der Waals surface area (Å²) < 4.78 is 5.71. The number of nitrogens with two attached hydrogens (primary N) is 1. The number of furan rings is 1. The molecule has 0 spiro atoms. The molecule has 19 heavy (non-hydrogen) atoms. The summed E-state index contributed by atoms with van der Waals surface area (Å²) in [5, 5.41) is 7.84. The Balaban J connectivity index is 2.55. The third-order valence-corrected chi connectivity index (χ3v) is 3.55. The fourth-order valence-corrected chi connectivity index (χ4v) is 2.48. The van der Waals surface area contributed by atoms with Gasteiger partial charge < -0.3 is 10.2 Å². The molecule has 3 nitrogen and oxygen atoms in total. The van der Waals surface area contributed by atoms with E-state index in [9.17, 15) is 0 Å². The lowest BCUT2D eigenvalue weighted by molar-refractivity contribution is 0.564. The van der Waals surface area contributed by atoms with Gasteiger partial charge in [-0.2, -0.15) is 0 Å². The van der Waals surface area contributed by atoms with Crippen molar-refractivity contribution >= 4 is 5.84 Å². The molecule has 0 aliphatic carbocycles. The van der Waals surface area contributed by atoms with Crippen LogP contribution in [0.15, 0.2) is 41.0 Å². The fourth-order valence-electron chi connectivity index (χ4n) is 2.48. The summed E-state index contributed by atoms with van der Waals surface area (Å²) in [6.45, 7) is 4.29. The highest BCUT2D eigenvalue weighted by Gasteiger charge is 2.22. The van der Waals surface area contributed by atoms with Crippen LogP contribution >= 0.6 is 0 Å². The molecular weight excluding hydrogens is 236 g/mol. The van der Waals surface area contributed by atoms with Gasteiger partial charge in [0, 0.05) is 11.1 Å². The van der Waals surface area contributed by atoms with Crippen LogP contribution < -0.4 is 5.73 Å². The van der Waals surface area contributed by atoms with Crippen LogP contribution in [0, 0.1) is 5.41 Å². The van der Waals surface area contributed by atoms with Gasteiger partial charge in [0.1, 0.15) is 11.6 Å². The average Bonchev–Trinajstić information content (AvgIpc) is 2.86. The van der Waals surface area contributed by atoms with E-state index < -0.39 is 0 Å². The van der Waals surface area contributed by atoms with Crippen LogP contribution in [0.3, 0.4) is 0 Å². The first-order valence-corrected chi connectivity index (χ1v) is 6.70. The van der Waals surface area contributed by atoms with Gasteiger partial charge in [-0.3, -0.25) is 5.41 Å². The highest BCUT2D eigenvalue weighted by molar-refractivity contribution is 6.01. The Labute approximate surface area is 113 Å². The molecule has 0 aliphatic rings. The minimum Gasteiger partial charge on any atom is -0.463 e. The van der Waals surface area contributed by atoms with E-state index in [-0.39, 0.29) is 5.84 Å². The van der Waals surface area contributed by atoms with Gasteiger partial charge in [-0.25, -0.2) is 0 Å². The van der Waals surface area contributed by atoms with Crippen molar-refractivity contribution < 1.29 is 4.42 Å². The highest BCUT2D eigenvalue weighted by Crippen LogP contribution is 2.34. The molecule has 3 N–H and O–H groups in total. The van der Waals surface area contributed by atoms with E-state index in [1.54, 1.807) is 6.26 Å². The Morgan fingerprint density at radius 1 is 1.21 bits per heavy atom. The van der Waals surface area contributed by atoms with Crippen LogP contribution in [-0.2, 0) is 0 Å². The Hall–Kier alpha value is -2.03. The second kappa shape index (κ2) is 5.74. The van der Waals surface area contributed by atoms with E-state index in [1.165, 1.54) is 0 Å². The SMILES string of the molecule is CCC(CC)c1coc(-c2ccccc2)c1C(=N)N. The van der Waals surface area contributed by atoms with Gasteiger partial charge >= 0.3 is 0 Å². The smallest absolute Gasteiger partial charge is 0.145 e. The Bertz CT molecular complexity index is 553. The lowest BCUT2D eigenvalue weighted by Crippen LogP contribution is -2.14. The second-order valence-corrected chi connectivity index (χ2v) is 4.69. The maximum atomic E-state index is 7.84. The van der Waals surface area contributed by atoms with Crippen molar-refractivity contribution in [2.45, 2.75) is 32.6 Å². The third kappa shape index (κ3) is 2.55. The molecule has 0 radical (unpaired) electrons. The normalized spacial score (nSPS) is 10.9. The van der Waals surface area contributed by atoms with Crippen LogP contribution in [0.4, 0.5) is 0 Å². The zero-order chi connectivity index (χ0) is 13.8. The summed E-state index contributed by atoms with van der Waals surface area (Å²) in [5.41, 5.74) is 8.53. The molecule has 0 bridgehead atoms. The summed E-state index contributed by atoms with van der Waals surface area (Å²) in [6.07, 6.45) is 3.80. The maximum Gasteiger partial charge on any atom is 0.145 e. The molecule has 100 valence electrons. The lowest BCUT2D eigenvalue weighted by Gasteiger charge is -2.12. The summed E-state index contributed by atoms with van der Waals surface area (Å²) in [4.78, 5) is 0. The van der Waals surface area contributed by atoms with E-state index in [2.05, 4.69) is 13.8 Å². The summed E-state index contributed by atoms with van der Waals surface area (Å²) >= 11 is 0. The van der Waals surface area contributed by atoms with Crippen molar-refractivity contribution in [3.05, 3.63) is 47.7 Å². The van der Waals surface area contributed by atoms with Gasteiger partial charge in [-0.1, -0.05) is 44.2 Å². The van der Waals surface area contributed by atoms with Crippen LogP contribution in [0.25, 0.3) is 11.3 Å². The minimum atomic E-state index is 0.0782. The molecule has 0 atom stereocenters. The first-order valence-electron chi connectivity index (χ1n) is 6.70. The van der Waals surface area contributed by atoms with Gasteiger partial charge in [0.05, 0.1) is 11.8 Å². The molecule has 1 heterocycles. The number of nitrogens with one attached hydrogen (secondary N) is 1. The van der Waals surface area contributed by atoms with E-state index in [4.69, 9.17) is 15.6 Å². The quantitative estimate of drug-likeness (QED) is 0.624. The van der Waals surface area contributed by atoms with E-state index in [0.29, 0.717) is 11.7 Å². The molecule has 0 aliphatic heterocycles. The summed E-state index contributed by atoms with van der Waals surface area (Å²) in [7, 11) is 0. The number of nitrogen functional groups attached to an aromatic ring is 1. The minimum absolute atomic E-state index is 0.0782. The van der Waals surface area contributed by atoms with Gasteiger partial charge in [0.2, 0.25) is 0 Å². The van der Waals surface area contributed by atoms with Crippen LogP contribution in [-0.4, -0.2) is 5.84 Å². The Morgan fingerprint density at radius 2 is 1.84 bits per heavy atom. The van der Waals surface area contributed by atoms with Gasteiger partial charge in [-0.15, -0.1) is 0 Å². The number of rotatable bonds is 5. The molecule has 0 saturated heterocycles. The molecular formula is C16H20N2O. The molecule has 1 aromatic heterocycles. The molecule has 3 heteroatoms. The molecule has 2 aromatic rings. The number of benzene rings is 1. The zero-order valence-electron chi connectivity index (χ0n) is 11.4. The molecule has 0 fully saturated rings. The second-order valence-electron chi connectivity index (χ2n) is 4.69. The molecule has 0 saturated carbocycles. The topological polar surface area (TPSA) is 63.0 Å².